The van der Waals surface area contributed by atoms with Crippen LogP contribution in [0.3, 0.4) is 0 Å². The second-order valence-corrected chi connectivity index (χ2v) is 9.50. The molecule has 154 valence electrons. The molecule has 1 fully saturated rings. The van der Waals surface area contributed by atoms with E-state index in [9.17, 15) is 12.8 Å². The Morgan fingerprint density at radius 1 is 0.933 bits per heavy atom. The number of nitrogens with zero attached hydrogens (tertiary/aromatic N) is 4. The quantitative estimate of drug-likeness (QED) is 0.482. The first kappa shape index (κ1) is 19.3. The predicted molar refractivity (Wildman–Crippen MR) is 115 cm³/mol. The number of benzene rings is 2. The Bertz CT molecular complexity index is 1360. The largest absolute Gasteiger partial charge is 0.352 e. The third kappa shape index (κ3) is 3.12. The Balaban J connectivity index is 1.43. The van der Waals surface area contributed by atoms with Crippen molar-refractivity contribution in [2.24, 2.45) is 0 Å². The monoisotopic (exact) mass is 444 g/mol. The number of hydrogen-bond acceptors (Lipinski definition) is 4. The van der Waals surface area contributed by atoms with E-state index >= 15 is 0 Å². The number of rotatable bonds is 3. The van der Waals surface area contributed by atoms with Gasteiger partial charge in [-0.15, -0.1) is 0 Å². The first-order valence-electron chi connectivity index (χ1n) is 9.51. The summed E-state index contributed by atoms with van der Waals surface area (Å²) in [6.07, 6.45) is 2.00. The van der Waals surface area contributed by atoms with Crippen molar-refractivity contribution in [2.75, 3.05) is 31.1 Å². The molecule has 5 rings (SSSR count). The molecule has 1 aliphatic rings. The summed E-state index contributed by atoms with van der Waals surface area (Å²) >= 11 is 5.78. The van der Waals surface area contributed by atoms with Gasteiger partial charge in [-0.25, -0.2) is 17.8 Å². The van der Waals surface area contributed by atoms with E-state index in [-0.39, 0.29) is 9.92 Å². The van der Waals surface area contributed by atoms with E-state index < -0.39 is 15.8 Å². The van der Waals surface area contributed by atoms with Crippen LogP contribution in [0.5, 0.6) is 0 Å². The average Bonchev–Trinajstić information content (AvgIpc) is 3.25. The number of sulfonamides is 1. The van der Waals surface area contributed by atoms with Gasteiger partial charge in [-0.3, -0.25) is 0 Å². The first-order valence-corrected chi connectivity index (χ1v) is 11.3. The molecule has 0 radical (unpaired) electrons. The van der Waals surface area contributed by atoms with Crippen LogP contribution in [0.1, 0.15) is 0 Å². The van der Waals surface area contributed by atoms with E-state index in [0.717, 1.165) is 34.5 Å². The second-order valence-electron chi connectivity index (χ2n) is 7.15. The molecule has 2 aromatic carbocycles. The minimum Gasteiger partial charge on any atom is -0.352 e. The molecular formula is C21H18ClFN4O2S. The third-order valence-electron chi connectivity index (χ3n) is 5.41. The maximum Gasteiger partial charge on any atom is 0.243 e. The molecule has 3 heterocycles. The molecule has 9 heteroatoms. The Kier molecular flexibility index (Phi) is 4.65. The fraction of sp³-hybridized carbons (Fsp3) is 0.190. The number of fused-ring (bicyclic) bond motifs is 3. The molecular weight excluding hydrogens is 427 g/mol. The van der Waals surface area contributed by atoms with Gasteiger partial charge in [0.2, 0.25) is 10.0 Å². The van der Waals surface area contributed by atoms with Crippen LogP contribution >= 0.6 is 11.6 Å². The van der Waals surface area contributed by atoms with E-state index in [2.05, 4.69) is 9.30 Å². The Morgan fingerprint density at radius 2 is 1.67 bits per heavy atom. The molecule has 0 amide bonds. The van der Waals surface area contributed by atoms with Gasteiger partial charge in [-0.05, 0) is 42.5 Å². The normalized spacial score (nSPS) is 15.9. The molecule has 0 N–H and O–H groups in total. The zero-order valence-corrected chi connectivity index (χ0v) is 17.4. The van der Waals surface area contributed by atoms with Crippen molar-refractivity contribution in [1.29, 1.82) is 0 Å². The molecule has 1 saturated heterocycles. The number of hydrogen-bond donors (Lipinski definition) is 0. The van der Waals surface area contributed by atoms with Crippen LogP contribution in [-0.2, 0) is 10.0 Å². The van der Waals surface area contributed by atoms with Gasteiger partial charge in [0.25, 0.3) is 0 Å². The summed E-state index contributed by atoms with van der Waals surface area (Å²) in [5.41, 5.74) is 2.89. The van der Waals surface area contributed by atoms with Crippen molar-refractivity contribution in [2.45, 2.75) is 4.90 Å². The van der Waals surface area contributed by atoms with Crippen LogP contribution in [0.15, 0.2) is 65.7 Å². The minimum absolute atomic E-state index is 0.000149. The lowest BCUT2D eigenvalue weighted by Gasteiger charge is -2.35. The first-order chi connectivity index (χ1) is 14.4. The summed E-state index contributed by atoms with van der Waals surface area (Å²) in [5, 5.41) is -0.203. The summed E-state index contributed by atoms with van der Waals surface area (Å²) in [6.45, 7) is 1.61. The molecule has 0 saturated carbocycles. The molecule has 30 heavy (non-hydrogen) atoms. The van der Waals surface area contributed by atoms with Gasteiger partial charge in [0.05, 0.1) is 26.5 Å². The molecule has 6 nitrogen and oxygen atoms in total. The highest BCUT2D eigenvalue weighted by Gasteiger charge is 2.30. The fourth-order valence-corrected chi connectivity index (χ4v) is 5.56. The van der Waals surface area contributed by atoms with Crippen molar-refractivity contribution in [3.05, 3.63) is 71.6 Å². The lowest BCUT2D eigenvalue weighted by atomic mass is 10.2. The fourth-order valence-electron chi connectivity index (χ4n) is 3.87. The van der Waals surface area contributed by atoms with Gasteiger partial charge >= 0.3 is 0 Å². The van der Waals surface area contributed by atoms with Crippen LogP contribution in [0, 0.1) is 5.82 Å². The lowest BCUT2D eigenvalue weighted by molar-refractivity contribution is 0.384. The highest BCUT2D eigenvalue weighted by atomic mass is 35.5. The molecule has 0 spiro atoms. The Labute approximate surface area is 178 Å². The Hall–Kier alpha value is -2.68. The smallest absolute Gasteiger partial charge is 0.243 e. The zero-order valence-electron chi connectivity index (χ0n) is 15.9. The summed E-state index contributed by atoms with van der Waals surface area (Å²) in [5.74, 6) is 0.194. The molecule has 1 aliphatic heterocycles. The summed E-state index contributed by atoms with van der Waals surface area (Å²) in [7, 11) is -3.74. The summed E-state index contributed by atoms with van der Waals surface area (Å²) in [6, 6.07) is 15.4. The van der Waals surface area contributed by atoms with Gasteiger partial charge in [0.1, 0.15) is 5.82 Å². The van der Waals surface area contributed by atoms with Crippen molar-refractivity contribution >= 4 is 44.0 Å². The van der Waals surface area contributed by atoms with Gasteiger partial charge in [-0.2, -0.15) is 4.31 Å². The third-order valence-corrected chi connectivity index (χ3v) is 7.60. The topological polar surface area (TPSA) is 57.9 Å². The van der Waals surface area contributed by atoms with Crippen molar-refractivity contribution < 1.29 is 12.8 Å². The van der Waals surface area contributed by atoms with Crippen LogP contribution in [-0.4, -0.2) is 48.3 Å². The highest BCUT2D eigenvalue weighted by molar-refractivity contribution is 7.89. The summed E-state index contributed by atoms with van der Waals surface area (Å²) in [4.78, 5) is 6.95. The highest BCUT2D eigenvalue weighted by Crippen LogP contribution is 2.28. The Morgan fingerprint density at radius 3 is 2.43 bits per heavy atom. The number of anilines is 1. The van der Waals surface area contributed by atoms with Gasteiger partial charge in [0.15, 0.2) is 5.82 Å². The predicted octanol–water partition coefficient (Wildman–Crippen LogP) is 3.79. The van der Waals surface area contributed by atoms with Crippen molar-refractivity contribution in [3.8, 4) is 0 Å². The molecule has 2 aromatic heterocycles. The van der Waals surface area contributed by atoms with Gasteiger partial charge in [-0.1, -0.05) is 23.7 Å². The van der Waals surface area contributed by atoms with E-state index in [1.165, 1.54) is 10.4 Å². The van der Waals surface area contributed by atoms with Crippen LogP contribution < -0.4 is 4.90 Å². The van der Waals surface area contributed by atoms with Crippen LogP contribution in [0.2, 0.25) is 5.02 Å². The molecule has 0 atom stereocenters. The molecule has 0 aliphatic carbocycles. The van der Waals surface area contributed by atoms with Crippen molar-refractivity contribution in [1.82, 2.24) is 13.7 Å². The van der Waals surface area contributed by atoms with E-state index in [0.29, 0.717) is 26.2 Å². The summed E-state index contributed by atoms with van der Waals surface area (Å²) < 4.78 is 42.8. The molecule has 0 unspecified atom stereocenters. The van der Waals surface area contributed by atoms with E-state index in [1.54, 1.807) is 0 Å². The number of aromatic nitrogens is 2. The molecule has 4 aromatic rings. The maximum absolute atomic E-state index is 13.4. The van der Waals surface area contributed by atoms with Gasteiger partial charge in [0, 0.05) is 32.4 Å². The maximum atomic E-state index is 13.4. The zero-order chi connectivity index (χ0) is 20.9. The molecule has 0 bridgehead atoms. The van der Waals surface area contributed by atoms with Crippen LogP contribution in [0.4, 0.5) is 10.2 Å². The van der Waals surface area contributed by atoms with E-state index in [4.69, 9.17) is 16.6 Å². The van der Waals surface area contributed by atoms with E-state index in [1.807, 2.05) is 42.6 Å². The van der Waals surface area contributed by atoms with Gasteiger partial charge < -0.3 is 9.30 Å². The second kappa shape index (κ2) is 7.23. The minimum atomic E-state index is -3.74. The number of para-hydroxylation sites is 2. The lowest BCUT2D eigenvalue weighted by Crippen LogP contribution is -2.49. The number of halogens is 2. The average molecular weight is 445 g/mol. The van der Waals surface area contributed by atoms with Crippen molar-refractivity contribution in [3.63, 3.8) is 0 Å². The standard InChI is InChI=1S/C21H18ClFN4O2S/c22-16-14-15(7-8-17(16)23)30(28,29)26-12-10-25(11-13-26)21-20-6-3-9-27(20)19-5-2-1-4-18(19)24-21/h1-9,14H,10-13H2. The van der Waals surface area contributed by atoms with Crippen LogP contribution in [0.25, 0.3) is 16.6 Å². The SMILES string of the molecule is O=S(=O)(c1ccc(F)c(Cl)c1)N1CCN(c2nc3ccccc3n3cccc23)CC1. The number of piperazine rings is 1.